The first-order chi connectivity index (χ1) is 24.2. The zero-order valence-corrected chi connectivity index (χ0v) is 27.5. The van der Waals surface area contributed by atoms with Gasteiger partial charge in [-0.05, 0) is 55.0 Å². The molecule has 1 aliphatic rings. The zero-order chi connectivity index (χ0) is 35.5. The van der Waals surface area contributed by atoms with Gasteiger partial charge in [0.25, 0.3) is 5.91 Å². The standard InChI is InChI=1S/C38H37NO11/c1-3-24-46-39(2)38(44)33(49-37(43)29-22-14-7-15-23-29)32(48-36(42)28-20-12-6-13-21-28)31(47-35(41)27-18-10-5-11-19-27)30(50-38)25-45-34(40)26-16-8-4-9-17-26/h4-23,30-33,44H,3,24-25H2,1-2H3/t30-,31-,32+,33-,38+/m0/s1. The third kappa shape index (κ3) is 8.60. The quantitative estimate of drug-likeness (QED) is 0.0890. The highest BCUT2D eigenvalue weighted by Crippen LogP contribution is 2.37. The summed E-state index contributed by atoms with van der Waals surface area (Å²) in [7, 11) is 1.33. The molecule has 1 fully saturated rings. The normalized spacial score (nSPS) is 21.5. The van der Waals surface area contributed by atoms with E-state index in [2.05, 4.69) is 0 Å². The lowest BCUT2D eigenvalue weighted by molar-refractivity contribution is -0.453. The molecule has 12 nitrogen and oxygen atoms in total. The van der Waals surface area contributed by atoms with Gasteiger partial charge in [0.15, 0.2) is 12.2 Å². The van der Waals surface area contributed by atoms with Crippen LogP contribution in [0.2, 0.25) is 0 Å². The largest absolute Gasteiger partial charge is 0.459 e. The van der Waals surface area contributed by atoms with Crippen molar-refractivity contribution in [1.82, 2.24) is 5.06 Å². The minimum atomic E-state index is -2.68. The van der Waals surface area contributed by atoms with E-state index in [9.17, 15) is 24.3 Å². The second-order valence-electron chi connectivity index (χ2n) is 11.3. The molecular formula is C38H37NO11. The van der Waals surface area contributed by atoms with Crippen molar-refractivity contribution in [3.63, 3.8) is 0 Å². The lowest BCUT2D eigenvalue weighted by Crippen LogP contribution is -2.72. The van der Waals surface area contributed by atoms with Crippen LogP contribution in [0, 0.1) is 0 Å². The molecule has 0 saturated carbocycles. The molecule has 1 saturated heterocycles. The van der Waals surface area contributed by atoms with E-state index in [1.165, 1.54) is 43.4 Å². The predicted molar refractivity (Wildman–Crippen MR) is 177 cm³/mol. The molecule has 12 heteroatoms. The molecule has 0 radical (unpaired) electrons. The molecule has 50 heavy (non-hydrogen) atoms. The van der Waals surface area contributed by atoms with Crippen LogP contribution in [0.4, 0.5) is 0 Å². The van der Waals surface area contributed by atoms with E-state index >= 15 is 0 Å². The molecule has 0 spiro atoms. The Morgan fingerprint density at radius 3 is 1.48 bits per heavy atom. The Bertz CT molecular complexity index is 1720. The van der Waals surface area contributed by atoms with E-state index in [4.69, 9.17) is 28.5 Å². The van der Waals surface area contributed by atoms with Crippen molar-refractivity contribution in [3.8, 4) is 0 Å². The number of likely N-dealkylation sites (N-methyl/N-ethyl adjacent to an activating group) is 1. The van der Waals surface area contributed by atoms with Crippen LogP contribution in [0.5, 0.6) is 0 Å². The van der Waals surface area contributed by atoms with Gasteiger partial charge in [-0.2, -0.15) is 0 Å². The van der Waals surface area contributed by atoms with Crippen LogP contribution < -0.4 is 0 Å². The lowest BCUT2D eigenvalue weighted by atomic mass is 9.95. The van der Waals surface area contributed by atoms with Gasteiger partial charge in [-0.15, -0.1) is 5.06 Å². The Morgan fingerprint density at radius 1 is 0.640 bits per heavy atom. The number of hydroxylamine groups is 2. The lowest BCUT2D eigenvalue weighted by Gasteiger charge is -2.50. The van der Waals surface area contributed by atoms with Crippen LogP contribution in [0.3, 0.4) is 0 Å². The molecule has 1 N–H and O–H groups in total. The molecule has 1 heterocycles. The first kappa shape index (κ1) is 35.9. The van der Waals surface area contributed by atoms with Crippen LogP contribution in [-0.2, 0) is 28.5 Å². The minimum absolute atomic E-state index is 0.107. The van der Waals surface area contributed by atoms with E-state index < -0.39 is 60.8 Å². The Balaban J connectivity index is 1.60. The highest BCUT2D eigenvalue weighted by atomic mass is 16.8. The summed E-state index contributed by atoms with van der Waals surface area (Å²) in [6.07, 6.45) is -6.20. The van der Waals surface area contributed by atoms with Gasteiger partial charge in [0.1, 0.15) is 12.7 Å². The average Bonchev–Trinajstić information content (AvgIpc) is 3.16. The van der Waals surface area contributed by atoms with Crippen molar-refractivity contribution < 1.29 is 52.8 Å². The maximum Gasteiger partial charge on any atom is 0.338 e. The van der Waals surface area contributed by atoms with E-state index in [0.29, 0.717) is 6.42 Å². The number of carbonyl (C=O) groups excluding carboxylic acids is 4. The van der Waals surface area contributed by atoms with Gasteiger partial charge < -0.3 is 28.8 Å². The summed E-state index contributed by atoms with van der Waals surface area (Å²) in [6.45, 7) is 1.35. The van der Waals surface area contributed by atoms with Gasteiger partial charge >= 0.3 is 23.9 Å². The molecule has 0 bridgehead atoms. The number of ether oxygens (including phenoxy) is 5. The summed E-state index contributed by atoms with van der Waals surface area (Å²) >= 11 is 0. The Hall–Kier alpha value is -5.40. The van der Waals surface area contributed by atoms with Gasteiger partial charge in [0.05, 0.1) is 28.9 Å². The topological polar surface area (TPSA) is 147 Å². The van der Waals surface area contributed by atoms with Crippen molar-refractivity contribution in [2.24, 2.45) is 0 Å². The smallest absolute Gasteiger partial charge is 0.338 e. The first-order valence-electron chi connectivity index (χ1n) is 16.0. The Morgan fingerprint density at radius 2 is 1.04 bits per heavy atom. The highest BCUT2D eigenvalue weighted by molar-refractivity contribution is 5.91. The van der Waals surface area contributed by atoms with E-state index in [1.54, 1.807) is 84.9 Å². The molecular weight excluding hydrogens is 646 g/mol. The third-order valence-corrected chi connectivity index (χ3v) is 7.76. The van der Waals surface area contributed by atoms with Crippen LogP contribution in [0.1, 0.15) is 54.8 Å². The van der Waals surface area contributed by atoms with Crippen molar-refractivity contribution in [2.45, 2.75) is 43.7 Å². The van der Waals surface area contributed by atoms with E-state index in [-0.39, 0.29) is 28.9 Å². The molecule has 4 aromatic carbocycles. The van der Waals surface area contributed by atoms with Gasteiger partial charge in [-0.1, -0.05) is 79.7 Å². The Labute approximate surface area is 289 Å². The second-order valence-corrected chi connectivity index (χ2v) is 11.3. The summed E-state index contributed by atoms with van der Waals surface area (Å²) in [5.74, 6) is -6.07. The molecule has 1 aliphatic heterocycles. The molecule has 5 rings (SSSR count). The summed E-state index contributed by atoms with van der Waals surface area (Å²) in [4.78, 5) is 59.6. The average molecular weight is 684 g/mol. The second kappa shape index (κ2) is 16.8. The number of benzene rings is 4. The summed E-state index contributed by atoms with van der Waals surface area (Å²) in [5, 5.41) is 13.2. The minimum Gasteiger partial charge on any atom is -0.459 e. The number of hydrogen-bond donors (Lipinski definition) is 1. The first-order valence-corrected chi connectivity index (χ1v) is 16.0. The van der Waals surface area contributed by atoms with Crippen molar-refractivity contribution in [3.05, 3.63) is 144 Å². The summed E-state index contributed by atoms with van der Waals surface area (Å²) in [5.41, 5.74) is 0.590. The maximum atomic E-state index is 13.7. The molecule has 0 aromatic heterocycles. The summed E-state index contributed by atoms with van der Waals surface area (Å²) in [6, 6.07) is 32.0. The molecule has 4 aromatic rings. The van der Waals surface area contributed by atoms with Crippen LogP contribution in [0.25, 0.3) is 0 Å². The predicted octanol–water partition coefficient (Wildman–Crippen LogP) is 4.84. The zero-order valence-electron chi connectivity index (χ0n) is 27.5. The van der Waals surface area contributed by atoms with Gasteiger partial charge in [-0.25, -0.2) is 19.2 Å². The molecule has 0 aliphatic carbocycles. The van der Waals surface area contributed by atoms with Gasteiger partial charge in [-0.3, -0.25) is 4.84 Å². The van der Waals surface area contributed by atoms with Crippen LogP contribution >= 0.6 is 0 Å². The number of nitrogens with zero attached hydrogens (tertiary/aromatic N) is 1. The molecule has 0 amide bonds. The number of carbonyl (C=O) groups is 4. The fourth-order valence-corrected chi connectivity index (χ4v) is 5.18. The van der Waals surface area contributed by atoms with Gasteiger partial charge in [0, 0.05) is 7.05 Å². The molecule has 0 unspecified atom stereocenters. The third-order valence-electron chi connectivity index (χ3n) is 7.76. The fourth-order valence-electron chi connectivity index (χ4n) is 5.18. The van der Waals surface area contributed by atoms with E-state index in [1.807, 2.05) is 6.92 Å². The summed E-state index contributed by atoms with van der Waals surface area (Å²) < 4.78 is 29.6. The number of esters is 4. The van der Waals surface area contributed by atoms with Crippen molar-refractivity contribution >= 4 is 23.9 Å². The highest BCUT2D eigenvalue weighted by Gasteiger charge is 2.62. The monoisotopic (exact) mass is 683 g/mol. The molecule has 260 valence electrons. The van der Waals surface area contributed by atoms with Crippen LogP contribution in [0.15, 0.2) is 121 Å². The van der Waals surface area contributed by atoms with Gasteiger partial charge in [0.2, 0.25) is 6.10 Å². The number of hydrogen-bond acceptors (Lipinski definition) is 12. The number of aliphatic hydroxyl groups is 1. The van der Waals surface area contributed by atoms with E-state index in [0.717, 1.165) is 5.06 Å². The fraction of sp³-hybridized carbons (Fsp3) is 0.263. The van der Waals surface area contributed by atoms with Crippen LogP contribution in [-0.4, -0.2) is 84.6 Å². The SMILES string of the molecule is CCCON(C)[C@]1(O)O[C@@H](COC(=O)c2ccccc2)[C@H](OC(=O)c2ccccc2)[C@@H](OC(=O)c2ccccc2)[C@@H]1OC(=O)c1ccccc1. The Kier molecular flexibility index (Phi) is 12.1. The van der Waals surface area contributed by atoms with Crippen molar-refractivity contribution in [1.29, 1.82) is 0 Å². The number of rotatable bonds is 13. The maximum absolute atomic E-state index is 13.7. The van der Waals surface area contributed by atoms with Crippen molar-refractivity contribution in [2.75, 3.05) is 20.3 Å². The molecule has 5 atom stereocenters.